The first kappa shape index (κ1) is 21.9. The molecular weight excluding hydrogens is 376 g/mol. The second-order valence-corrected chi connectivity index (χ2v) is 5.70. The summed E-state index contributed by atoms with van der Waals surface area (Å²) in [5, 5.41) is 3.80. The lowest BCUT2D eigenvalue weighted by Gasteiger charge is -2.13. The molecule has 0 spiro atoms. The van der Waals surface area contributed by atoms with Gasteiger partial charge in [0.05, 0.1) is 40.3 Å². The number of methoxy groups -OCH3 is 2. The number of hydrogen-bond donors (Lipinski definition) is 1. The summed E-state index contributed by atoms with van der Waals surface area (Å²) in [5.41, 5.74) is 2.98. The largest absolute Gasteiger partial charge is 0.493 e. The molecule has 1 N–H and O–H groups in total. The Balaban J connectivity index is 1.86. The van der Waals surface area contributed by atoms with Gasteiger partial charge in [-0.1, -0.05) is 12.1 Å². The maximum Gasteiger partial charge on any atom is 0.427 e. The second kappa shape index (κ2) is 12.1. The van der Waals surface area contributed by atoms with Gasteiger partial charge in [0.1, 0.15) is 0 Å². The third-order valence-electron chi connectivity index (χ3n) is 3.70. The van der Waals surface area contributed by atoms with Crippen molar-refractivity contribution >= 4 is 12.3 Å². The van der Waals surface area contributed by atoms with Crippen LogP contribution < -0.4 is 24.4 Å². The van der Waals surface area contributed by atoms with E-state index < -0.39 is 6.09 Å². The summed E-state index contributed by atoms with van der Waals surface area (Å²) in [6, 6.07) is 12.9. The van der Waals surface area contributed by atoms with Crippen molar-refractivity contribution in [2.75, 3.05) is 34.0 Å². The highest BCUT2D eigenvalue weighted by Crippen LogP contribution is 2.28. The highest BCUT2D eigenvalue weighted by Gasteiger charge is 2.07. The molecular formula is C21H26N2O6. The highest BCUT2D eigenvalue weighted by molar-refractivity contribution is 5.82. The summed E-state index contributed by atoms with van der Waals surface area (Å²) < 4.78 is 26.9. The molecule has 0 heterocycles. The average Bonchev–Trinajstić information content (AvgIpc) is 2.75. The zero-order valence-corrected chi connectivity index (χ0v) is 16.8. The zero-order chi connectivity index (χ0) is 20.9. The SMILES string of the molecule is CCOc1cc(/C=N\NC(=O)OC)ccc1OCCCOc1ccccc1OC. The molecule has 29 heavy (non-hydrogen) atoms. The first-order valence-electron chi connectivity index (χ1n) is 9.20. The summed E-state index contributed by atoms with van der Waals surface area (Å²) in [6.07, 6.45) is 1.54. The van der Waals surface area contributed by atoms with Crippen molar-refractivity contribution in [1.82, 2.24) is 5.43 Å². The Kier molecular flexibility index (Phi) is 9.14. The fourth-order valence-electron chi connectivity index (χ4n) is 2.36. The van der Waals surface area contributed by atoms with Crippen LogP contribution in [0.2, 0.25) is 0 Å². The molecule has 2 aromatic rings. The molecule has 0 fully saturated rings. The normalized spacial score (nSPS) is 10.4. The smallest absolute Gasteiger partial charge is 0.427 e. The second-order valence-electron chi connectivity index (χ2n) is 5.70. The minimum Gasteiger partial charge on any atom is -0.493 e. The van der Waals surface area contributed by atoms with Crippen molar-refractivity contribution in [3.05, 3.63) is 48.0 Å². The van der Waals surface area contributed by atoms with E-state index in [0.717, 1.165) is 5.56 Å². The monoisotopic (exact) mass is 402 g/mol. The summed E-state index contributed by atoms with van der Waals surface area (Å²) >= 11 is 0. The Labute approximate surface area is 170 Å². The van der Waals surface area contributed by atoms with Crippen LogP contribution in [0, 0.1) is 0 Å². The molecule has 0 radical (unpaired) electrons. The first-order chi connectivity index (χ1) is 14.2. The van der Waals surface area contributed by atoms with Crippen LogP contribution in [0.1, 0.15) is 18.9 Å². The van der Waals surface area contributed by atoms with E-state index in [4.69, 9.17) is 18.9 Å². The van der Waals surface area contributed by atoms with Gasteiger partial charge in [0.15, 0.2) is 23.0 Å². The Bertz CT molecular complexity index is 810. The van der Waals surface area contributed by atoms with Gasteiger partial charge in [-0.05, 0) is 42.8 Å². The molecule has 0 aliphatic carbocycles. The van der Waals surface area contributed by atoms with Crippen molar-refractivity contribution in [2.24, 2.45) is 5.10 Å². The van der Waals surface area contributed by atoms with Gasteiger partial charge in [-0.25, -0.2) is 10.2 Å². The van der Waals surface area contributed by atoms with Crippen molar-refractivity contribution in [2.45, 2.75) is 13.3 Å². The standard InChI is InChI=1S/C21H26N2O6/c1-4-27-20-14-16(15-22-23-21(24)26-3)10-11-19(20)29-13-7-12-28-18-9-6-5-8-17(18)25-2/h5-6,8-11,14-15H,4,7,12-13H2,1-3H3,(H,23,24)/b22-15-. The third-order valence-corrected chi connectivity index (χ3v) is 3.70. The van der Waals surface area contributed by atoms with Crippen LogP contribution in [0.4, 0.5) is 4.79 Å². The zero-order valence-electron chi connectivity index (χ0n) is 16.8. The summed E-state index contributed by atoms with van der Waals surface area (Å²) in [6.45, 7) is 3.35. The van der Waals surface area contributed by atoms with E-state index in [1.165, 1.54) is 13.3 Å². The average molecular weight is 402 g/mol. The molecule has 0 unspecified atom stereocenters. The van der Waals surface area contributed by atoms with E-state index >= 15 is 0 Å². The number of benzene rings is 2. The van der Waals surface area contributed by atoms with Crippen LogP contribution in [0.25, 0.3) is 0 Å². The number of para-hydroxylation sites is 2. The van der Waals surface area contributed by atoms with E-state index in [-0.39, 0.29) is 0 Å². The molecule has 0 bridgehead atoms. The number of carbonyl (C=O) groups excluding carboxylic acids is 1. The van der Waals surface area contributed by atoms with Gasteiger partial charge >= 0.3 is 6.09 Å². The number of nitrogens with one attached hydrogen (secondary N) is 1. The van der Waals surface area contributed by atoms with E-state index in [1.54, 1.807) is 19.2 Å². The quantitative estimate of drug-likeness (QED) is 0.351. The van der Waals surface area contributed by atoms with Gasteiger partial charge in [-0.15, -0.1) is 0 Å². The minimum absolute atomic E-state index is 0.465. The van der Waals surface area contributed by atoms with Gasteiger partial charge in [-0.2, -0.15) is 5.10 Å². The van der Waals surface area contributed by atoms with Gasteiger partial charge in [0.2, 0.25) is 0 Å². The van der Waals surface area contributed by atoms with Crippen LogP contribution in [-0.2, 0) is 4.74 Å². The molecule has 0 aromatic heterocycles. The Hall–Kier alpha value is -3.42. The summed E-state index contributed by atoms with van der Waals surface area (Å²) in [4.78, 5) is 11.0. The molecule has 2 aromatic carbocycles. The lowest BCUT2D eigenvalue weighted by atomic mass is 10.2. The maximum atomic E-state index is 11.0. The maximum absolute atomic E-state index is 11.0. The van der Waals surface area contributed by atoms with Crippen LogP contribution >= 0.6 is 0 Å². The van der Waals surface area contributed by atoms with Crippen LogP contribution in [0.3, 0.4) is 0 Å². The molecule has 1 amide bonds. The molecule has 8 nitrogen and oxygen atoms in total. The molecule has 156 valence electrons. The first-order valence-corrected chi connectivity index (χ1v) is 9.20. The van der Waals surface area contributed by atoms with Gasteiger partial charge in [0, 0.05) is 6.42 Å². The number of rotatable bonds is 11. The van der Waals surface area contributed by atoms with E-state index in [9.17, 15) is 4.79 Å². The van der Waals surface area contributed by atoms with Gasteiger partial charge in [-0.3, -0.25) is 0 Å². The fourth-order valence-corrected chi connectivity index (χ4v) is 2.36. The number of hydrazone groups is 1. The molecule has 2 rings (SSSR count). The molecule has 8 heteroatoms. The number of nitrogens with zero attached hydrogens (tertiary/aromatic N) is 1. The van der Waals surface area contributed by atoms with E-state index in [0.29, 0.717) is 49.2 Å². The summed E-state index contributed by atoms with van der Waals surface area (Å²) in [5.74, 6) is 2.63. The van der Waals surface area contributed by atoms with E-state index in [2.05, 4.69) is 15.3 Å². The topological polar surface area (TPSA) is 87.6 Å². The molecule has 0 saturated carbocycles. The Morgan fingerprint density at radius 1 is 0.966 bits per heavy atom. The number of amides is 1. The van der Waals surface area contributed by atoms with Crippen LogP contribution in [-0.4, -0.2) is 46.3 Å². The van der Waals surface area contributed by atoms with Crippen molar-refractivity contribution < 1.29 is 28.5 Å². The number of hydrogen-bond acceptors (Lipinski definition) is 7. The lowest BCUT2D eigenvalue weighted by molar-refractivity contribution is 0.171. The van der Waals surface area contributed by atoms with Gasteiger partial charge < -0.3 is 23.7 Å². The van der Waals surface area contributed by atoms with Crippen molar-refractivity contribution in [1.29, 1.82) is 0 Å². The minimum atomic E-state index is -0.637. The fraction of sp³-hybridized carbons (Fsp3) is 0.333. The Morgan fingerprint density at radius 2 is 1.66 bits per heavy atom. The van der Waals surface area contributed by atoms with Crippen LogP contribution in [0.15, 0.2) is 47.6 Å². The third kappa shape index (κ3) is 7.25. The van der Waals surface area contributed by atoms with Crippen LogP contribution in [0.5, 0.6) is 23.0 Å². The van der Waals surface area contributed by atoms with Crippen molar-refractivity contribution in [3.8, 4) is 23.0 Å². The molecule has 0 aliphatic heterocycles. The van der Waals surface area contributed by atoms with E-state index in [1.807, 2.05) is 37.3 Å². The molecule has 0 aliphatic rings. The van der Waals surface area contributed by atoms with Gasteiger partial charge in [0.25, 0.3) is 0 Å². The molecule has 0 saturated heterocycles. The highest BCUT2D eigenvalue weighted by atomic mass is 16.5. The predicted octanol–water partition coefficient (Wildman–Crippen LogP) is 3.63. The Morgan fingerprint density at radius 3 is 2.31 bits per heavy atom. The number of carbonyl (C=O) groups is 1. The summed E-state index contributed by atoms with van der Waals surface area (Å²) in [7, 11) is 2.88. The predicted molar refractivity (Wildman–Crippen MR) is 109 cm³/mol. The number of ether oxygens (including phenoxy) is 5. The molecule has 0 atom stereocenters. The lowest BCUT2D eigenvalue weighted by Crippen LogP contribution is -2.16. The van der Waals surface area contributed by atoms with Crippen molar-refractivity contribution in [3.63, 3.8) is 0 Å².